The molecule has 0 radical (unpaired) electrons. The molecule has 1 N–H and O–H groups in total. The van der Waals surface area contributed by atoms with Crippen LogP contribution >= 0.6 is 0 Å². The number of carbonyl (C=O) groups is 2. The Morgan fingerprint density at radius 3 is 2.66 bits per heavy atom. The number of esters is 1. The van der Waals surface area contributed by atoms with Gasteiger partial charge in [0.15, 0.2) is 6.10 Å². The van der Waals surface area contributed by atoms with Crippen LogP contribution in [0.3, 0.4) is 0 Å². The van der Waals surface area contributed by atoms with E-state index in [-0.39, 0.29) is 12.3 Å². The first-order valence-electron chi connectivity index (χ1n) is 9.95. The van der Waals surface area contributed by atoms with Crippen molar-refractivity contribution in [2.45, 2.75) is 52.6 Å². The van der Waals surface area contributed by atoms with E-state index in [1.54, 1.807) is 13.2 Å². The molecule has 0 aliphatic rings. The van der Waals surface area contributed by atoms with Gasteiger partial charge in [-0.05, 0) is 49.4 Å². The van der Waals surface area contributed by atoms with Crippen LogP contribution in [-0.4, -0.2) is 18.0 Å². The first-order valence-corrected chi connectivity index (χ1v) is 9.95. The third kappa shape index (κ3) is 4.86. The van der Waals surface area contributed by atoms with Crippen LogP contribution in [0.25, 0.3) is 11.0 Å². The van der Waals surface area contributed by atoms with Gasteiger partial charge in [-0.3, -0.25) is 9.59 Å². The smallest absolute Gasteiger partial charge is 0.311 e. The Kier molecular flexibility index (Phi) is 6.37. The Morgan fingerprint density at radius 1 is 1.14 bits per heavy atom. The molecule has 0 saturated heterocycles. The van der Waals surface area contributed by atoms with Gasteiger partial charge in [-0.25, -0.2) is 0 Å². The highest BCUT2D eigenvalue weighted by Gasteiger charge is 2.21. The Labute approximate surface area is 171 Å². The molecule has 0 fully saturated rings. The van der Waals surface area contributed by atoms with Gasteiger partial charge in [-0.15, -0.1) is 0 Å². The molecule has 1 amide bonds. The van der Waals surface area contributed by atoms with Gasteiger partial charge in [0.05, 0.1) is 12.7 Å². The number of hydrogen-bond acceptors (Lipinski definition) is 4. The lowest BCUT2D eigenvalue weighted by Gasteiger charge is -2.18. The molecule has 0 saturated carbocycles. The Balaban J connectivity index is 1.63. The largest absolute Gasteiger partial charge is 0.464 e. The molecular formula is C24H27NO4. The molecule has 0 aliphatic heterocycles. The highest BCUT2D eigenvalue weighted by molar-refractivity contribution is 5.96. The van der Waals surface area contributed by atoms with Gasteiger partial charge in [0.25, 0.3) is 5.91 Å². The number of para-hydroxylation sites is 1. The number of ether oxygens (including phenoxy) is 1. The fraction of sp³-hybridized carbons (Fsp3) is 0.333. The number of furan rings is 1. The van der Waals surface area contributed by atoms with Crippen LogP contribution in [0.5, 0.6) is 0 Å². The number of rotatable bonds is 7. The van der Waals surface area contributed by atoms with Gasteiger partial charge in [0.2, 0.25) is 0 Å². The average molecular weight is 393 g/mol. The standard InChI is InChI=1S/C24H27NO4/c1-5-16(3)19-8-6-7-9-21(19)25-24(27)17(4)29-23(26)13-18-14-28-22-12-15(2)10-11-20(18)22/h6-12,14,16-17H,5,13H2,1-4H3,(H,25,27)/t16-,17+/m0/s1. The number of hydrogen-bond donors (Lipinski definition) is 1. The fourth-order valence-electron chi connectivity index (χ4n) is 3.27. The summed E-state index contributed by atoms with van der Waals surface area (Å²) in [6.07, 6.45) is 1.69. The van der Waals surface area contributed by atoms with Crippen molar-refractivity contribution in [1.29, 1.82) is 0 Å². The summed E-state index contributed by atoms with van der Waals surface area (Å²) in [6, 6.07) is 13.5. The van der Waals surface area contributed by atoms with Gasteiger partial charge >= 0.3 is 5.97 Å². The summed E-state index contributed by atoms with van der Waals surface area (Å²) in [7, 11) is 0. The van der Waals surface area contributed by atoms with Gasteiger partial charge in [-0.1, -0.05) is 44.2 Å². The van der Waals surface area contributed by atoms with Crippen molar-refractivity contribution in [1.82, 2.24) is 0 Å². The van der Waals surface area contributed by atoms with Crippen LogP contribution in [0.1, 0.15) is 49.8 Å². The van der Waals surface area contributed by atoms with E-state index < -0.39 is 12.1 Å². The van der Waals surface area contributed by atoms with Crippen molar-refractivity contribution >= 4 is 28.5 Å². The van der Waals surface area contributed by atoms with Gasteiger partial charge in [0, 0.05) is 16.6 Å². The second-order valence-corrected chi connectivity index (χ2v) is 7.46. The highest BCUT2D eigenvalue weighted by atomic mass is 16.5. The molecule has 2 aromatic carbocycles. The quantitative estimate of drug-likeness (QED) is 0.548. The second-order valence-electron chi connectivity index (χ2n) is 7.46. The minimum Gasteiger partial charge on any atom is -0.464 e. The molecule has 1 aromatic heterocycles. The van der Waals surface area contributed by atoms with Crippen LogP contribution < -0.4 is 5.32 Å². The van der Waals surface area contributed by atoms with E-state index in [1.807, 2.05) is 49.4 Å². The molecule has 0 aliphatic carbocycles. The summed E-state index contributed by atoms with van der Waals surface area (Å²) in [5.41, 5.74) is 4.40. The molecule has 0 unspecified atom stereocenters. The average Bonchev–Trinajstić information content (AvgIpc) is 3.09. The number of fused-ring (bicyclic) bond motifs is 1. The first kappa shape index (κ1) is 20.6. The number of anilines is 1. The van der Waals surface area contributed by atoms with Crippen LogP contribution in [0.4, 0.5) is 5.69 Å². The maximum absolute atomic E-state index is 12.6. The lowest BCUT2D eigenvalue weighted by molar-refractivity contribution is -0.152. The summed E-state index contributed by atoms with van der Waals surface area (Å²) in [6.45, 7) is 7.78. The minimum absolute atomic E-state index is 0.0527. The molecule has 0 spiro atoms. The van der Waals surface area contributed by atoms with Crippen molar-refractivity contribution in [2.24, 2.45) is 0 Å². The normalized spacial score (nSPS) is 13.1. The predicted molar refractivity (Wildman–Crippen MR) is 114 cm³/mol. The van der Waals surface area contributed by atoms with Crippen molar-refractivity contribution in [3.05, 3.63) is 65.4 Å². The number of nitrogens with one attached hydrogen (secondary N) is 1. The van der Waals surface area contributed by atoms with E-state index in [9.17, 15) is 9.59 Å². The highest BCUT2D eigenvalue weighted by Crippen LogP contribution is 2.27. The molecule has 29 heavy (non-hydrogen) atoms. The third-order valence-electron chi connectivity index (χ3n) is 5.19. The van der Waals surface area contributed by atoms with Crippen molar-refractivity contribution < 1.29 is 18.7 Å². The SMILES string of the molecule is CC[C@H](C)c1ccccc1NC(=O)[C@@H](C)OC(=O)Cc1coc2cc(C)ccc12. The van der Waals surface area contributed by atoms with Gasteiger partial charge in [0.1, 0.15) is 5.58 Å². The lowest BCUT2D eigenvalue weighted by Crippen LogP contribution is -2.30. The number of aryl methyl sites for hydroxylation is 1. The Hall–Kier alpha value is -3.08. The first-order chi connectivity index (χ1) is 13.9. The van der Waals surface area contributed by atoms with Crippen LogP contribution in [0.2, 0.25) is 0 Å². The van der Waals surface area contributed by atoms with E-state index in [0.717, 1.165) is 39.8 Å². The topological polar surface area (TPSA) is 68.5 Å². The van der Waals surface area contributed by atoms with E-state index in [2.05, 4.69) is 19.2 Å². The summed E-state index contributed by atoms with van der Waals surface area (Å²) in [5.74, 6) is -0.490. The van der Waals surface area contributed by atoms with Crippen LogP contribution in [-0.2, 0) is 20.7 Å². The van der Waals surface area contributed by atoms with Gasteiger partial charge < -0.3 is 14.5 Å². The third-order valence-corrected chi connectivity index (χ3v) is 5.19. The second kappa shape index (κ2) is 8.95. The zero-order chi connectivity index (χ0) is 21.0. The Morgan fingerprint density at radius 2 is 1.90 bits per heavy atom. The van der Waals surface area contributed by atoms with Crippen LogP contribution in [0.15, 0.2) is 53.1 Å². The number of benzene rings is 2. The molecular weight excluding hydrogens is 366 g/mol. The van der Waals surface area contributed by atoms with Gasteiger partial charge in [-0.2, -0.15) is 0 Å². The maximum Gasteiger partial charge on any atom is 0.311 e. The Bertz CT molecular complexity index is 1020. The monoisotopic (exact) mass is 393 g/mol. The fourth-order valence-corrected chi connectivity index (χ4v) is 3.27. The summed E-state index contributed by atoms with van der Waals surface area (Å²) >= 11 is 0. The van der Waals surface area contributed by atoms with Crippen molar-refractivity contribution in [2.75, 3.05) is 5.32 Å². The number of amides is 1. The predicted octanol–water partition coefficient (Wildman–Crippen LogP) is 5.37. The van der Waals surface area contributed by atoms with E-state index >= 15 is 0 Å². The van der Waals surface area contributed by atoms with Crippen molar-refractivity contribution in [3.63, 3.8) is 0 Å². The molecule has 3 aromatic rings. The minimum atomic E-state index is -0.895. The molecule has 1 heterocycles. The molecule has 5 nitrogen and oxygen atoms in total. The molecule has 3 rings (SSSR count). The summed E-state index contributed by atoms with van der Waals surface area (Å²) in [4.78, 5) is 24.9. The summed E-state index contributed by atoms with van der Waals surface area (Å²) in [5, 5.41) is 3.77. The molecule has 152 valence electrons. The van der Waals surface area contributed by atoms with E-state index in [0.29, 0.717) is 5.92 Å². The molecule has 2 atom stereocenters. The van der Waals surface area contributed by atoms with Crippen molar-refractivity contribution in [3.8, 4) is 0 Å². The molecule has 0 bridgehead atoms. The zero-order valence-corrected chi connectivity index (χ0v) is 17.3. The lowest BCUT2D eigenvalue weighted by atomic mass is 9.97. The maximum atomic E-state index is 12.6. The summed E-state index contributed by atoms with van der Waals surface area (Å²) < 4.78 is 10.9. The zero-order valence-electron chi connectivity index (χ0n) is 17.3. The van der Waals surface area contributed by atoms with E-state index in [4.69, 9.17) is 9.15 Å². The van der Waals surface area contributed by atoms with Crippen LogP contribution in [0, 0.1) is 6.92 Å². The molecule has 5 heteroatoms. The number of carbonyl (C=O) groups excluding carboxylic acids is 2. The van der Waals surface area contributed by atoms with E-state index in [1.165, 1.54) is 0 Å².